The van der Waals surface area contributed by atoms with Crippen LogP contribution in [0.15, 0.2) is 67.1 Å². The zero-order valence-electron chi connectivity index (χ0n) is 13.9. The van der Waals surface area contributed by atoms with Crippen molar-refractivity contribution in [1.29, 1.82) is 5.26 Å². The molecule has 0 saturated heterocycles. The summed E-state index contributed by atoms with van der Waals surface area (Å²) in [4.78, 5) is 4.41. The van der Waals surface area contributed by atoms with Crippen molar-refractivity contribution in [2.24, 2.45) is 0 Å². The molecule has 1 atom stereocenters. The minimum Gasteiger partial charge on any atom is -0.324 e. The van der Waals surface area contributed by atoms with E-state index >= 15 is 0 Å². The van der Waals surface area contributed by atoms with Crippen LogP contribution in [0.3, 0.4) is 0 Å². The molecule has 4 rings (SSSR count). The number of nitriles is 1. The molecule has 2 heterocycles. The van der Waals surface area contributed by atoms with Crippen LogP contribution in [0.2, 0.25) is 0 Å². The summed E-state index contributed by atoms with van der Waals surface area (Å²) >= 11 is 0. The summed E-state index contributed by atoms with van der Waals surface area (Å²) in [5, 5.41) is 9.10. The van der Waals surface area contributed by atoms with Gasteiger partial charge in [0.25, 0.3) is 0 Å². The van der Waals surface area contributed by atoms with Crippen LogP contribution < -0.4 is 0 Å². The van der Waals surface area contributed by atoms with E-state index in [4.69, 9.17) is 5.26 Å². The lowest BCUT2D eigenvalue weighted by molar-refractivity contribution is 0.280. The number of rotatable bonds is 3. The van der Waals surface area contributed by atoms with Crippen LogP contribution in [0.1, 0.15) is 35.2 Å². The number of nitrogens with zero attached hydrogens (tertiary/aromatic N) is 3. The van der Waals surface area contributed by atoms with Crippen molar-refractivity contribution in [2.75, 3.05) is 0 Å². The Bertz CT molecular complexity index is 878. The van der Waals surface area contributed by atoms with Gasteiger partial charge >= 0.3 is 0 Å². The molecule has 0 bridgehead atoms. The third kappa shape index (κ3) is 3.06. The molecule has 4 heteroatoms. The summed E-state index contributed by atoms with van der Waals surface area (Å²) < 4.78 is 2.35. The number of imidazole rings is 1. The molecule has 0 fully saturated rings. The summed E-state index contributed by atoms with van der Waals surface area (Å²) in [7, 11) is 0. The van der Waals surface area contributed by atoms with E-state index in [0.717, 1.165) is 25.7 Å². The largest absolute Gasteiger partial charge is 0.324 e. The number of aromatic nitrogens is 2. The van der Waals surface area contributed by atoms with Gasteiger partial charge in [-0.25, -0.2) is 4.98 Å². The fourth-order valence-electron chi connectivity index (χ4n) is 3.92. The number of hydrogen-bond acceptors (Lipinski definition) is 2. The fourth-order valence-corrected chi connectivity index (χ4v) is 3.92. The first-order valence-electron chi connectivity index (χ1n) is 8.38. The van der Waals surface area contributed by atoms with Crippen molar-refractivity contribution in [3.05, 3.63) is 89.5 Å². The molecule has 126 valence electrons. The van der Waals surface area contributed by atoms with Crippen LogP contribution in [-0.4, -0.2) is 9.55 Å². The third-order valence-electron chi connectivity index (χ3n) is 5.09. The molecule has 3 nitrogen and oxygen atoms in total. The number of halogens is 1. The molecule has 25 heavy (non-hydrogen) atoms. The fraction of sp³-hybridized carbons (Fsp3) is 0.238. The van der Waals surface area contributed by atoms with Gasteiger partial charge in [-0.1, -0.05) is 42.5 Å². The topological polar surface area (TPSA) is 41.6 Å². The average Bonchev–Trinajstić information content (AvgIpc) is 3.13. The maximum atomic E-state index is 9.10. The lowest BCUT2D eigenvalue weighted by atomic mass is 9.77. The molecule has 0 N–H and O–H groups in total. The van der Waals surface area contributed by atoms with Gasteiger partial charge in [0.2, 0.25) is 0 Å². The summed E-state index contributed by atoms with van der Waals surface area (Å²) in [5.41, 5.74) is 4.45. The number of benzene rings is 2. The highest BCUT2D eigenvalue weighted by atomic mass is 35.5. The van der Waals surface area contributed by atoms with Gasteiger partial charge in [-0.2, -0.15) is 5.26 Å². The molecule has 0 radical (unpaired) electrons. The molecule has 0 aliphatic carbocycles. The Morgan fingerprint density at radius 1 is 1.08 bits per heavy atom. The van der Waals surface area contributed by atoms with Gasteiger partial charge in [0.1, 0.15) is 0 Å². The van der Waals surface area contributed by atoms with E-state index in [1.54, 1.807) is 0 Å². The first-order valence-corrected chi connectivity index (χ1v) is 8.38. The molecule has 2 aromatic carbocycles. The lowest BCUT2D eigenvalue weighted by Crippen LogP contribution is -2.40. The Labute approximate surface area is 154 Å². The Hall–Kier alpha value is -2.57. The van der Waals surface area contributed by atoms with Gasteiger partial charge in [0, 0.05) is 18.3 Å². The normalized spacial score (nSPS) is 18.7. The van der Waals surface area contributed by atoms with Gasteiger partial charge in [0.05, 0.1) is 23.5 Å². The van der Waals surface area contributed by atoms with E-state index in [9.17, 15) is 0 Å². The van der Waals surface area contributed by atoms with Crippen LogP contribution in [0.4, 0.5) is 0 Å². The molecule has 0 spiro atoms. The second kappa shape index (κ2) is 7.13. The smallest absolute Gasteiger partial charge is 0.0991 e. The summed E-state index contributed by atoms with van der Waals surface area (Å²) in [5.74, 6) is 0. The molecule has 0 amide bonds. The highest BCUT2D eigenvalue weighted by Crippen LogP contribution is 2.39. The van der Waals surface area contributed by atoms with Gasteiger partial charge in [-0.05, 0) is 42.5 Å². The van der Waals surface area contributed by atoms with E-state index < -0.39 is 0 Å². The molecule has 1 aliphatic rings. The summed E-state index contributed by atoms with van der Waals surface area (Å²) in [6.45, 7) is 0. The van der Waals surface area contributed by atoms with Gasteiger partial charge in [-0.3, -0.25) is 0 Å². The maximum absolute atomic E-state index is 9.10. The quantitative estimate of drug-likeness (QED) is 0.698. The predicted octanol–water partition coefficient (Wildman–Crippen LogP) is 4.50. The first-order chi connectivity index (χ1) is 11.8. The second-order valence-corrected chi connectivity index (χ2v) is 6.49. The van der Waals surface area contributed by atoms with Gasteiger partial charge in [0.15, 0.2) is 0 Å². The van der Waals surface area contributed by atoms with E-state index in [2.05, 4.69) is 58.1 Å². The maximum Gasteiger partial charge on any atom is 0.0991 e. The lowest BCUT2D eigenvalue weighted by Gasteiger charge is -2.40. The zero-order valence-corrected chi connectivity index (χ0v) is 14.7. The Balaban J connectivity index is 0.00000182. The molecule has 1 unspecified atom stereocenters. The van der Waals surface area contributed by atoms with Crippen LogP contribution in [0, 0.1) is 11.3 Å². The van der Waals surface area contributed by atoms with Crippen molar-refractivity contribution in [3.63, 3.8) is 0 Å². The molecular formula is C21H20ClN3. The Morgan fingerprint density at radius 2 is 1.84 bits per heavy atom. The molecule has 1 aromatic heterocycles. The highest BCUT2D eigenvalue weighted by Gasteiger charge is 2.37. The molecule has 0 saturated carbocycles. The predicted molar refractivity (Wildman–Crippen MR) is 101 cm³/mol. The van der Waals surface area contributed by atoms with Gasteiger partial charge in [-0.15, -0.1) is 12.4 Å². The van der Waals surface area contributed by atoms with Crippen molar-refractivity contribution in [1.82, 2.24) is 9.55 Å². The average molecular weight is 350 g/mol. The van der Waals surface area contributed by atoms with E-state index in [-0.39, 0.29) is 17.9 Å². The van der Waals surface area contributed by atoms with Crippen LogP contribution >= 0.6 is 12.4 Å². The molecule has 3 aromatic rings. The van der Waals surface area contributed by atoms with Crippen molar-refractivity contribution in [2.45, 2.75) is 31.2 Å². The van der Waals surface area contributed by atoms with Crippen molar-refractivity contribution < 1.29 is 0 Å². The minimum atomic E-state index is -0.126. The van der Waals surface area contributed by atoms with Crippen LogP contribution in [0.5, 0.6) is 0 Å². The number of fused-ring (bicyclic) bond motifs is 1. The third-order valence-corrected chi connectivity index (χ3v) is 5.09. The SMILES string of the molecule is Cl.N#Cc1ccc(C2(Cc3ccccc3)CCCc3cncn32)cc1. The molecular weight excluding hydrogens is 330 g/mol. The monoisotopic (exact) mass is 349 g/mol. The van der Waals surface area contributed by atoms with Gasteiger partial charge < -0.3 is 4.57 Å². The van der Waals surface area contributed by atoms with E-state index in [1.165, 1.54) is 16.8 Å². The number of aryl methyl sites for hydroxylation is 1. The van der Waals surface area contributed by atoms with E-state index in [0.29, 0.717) is 5.56 Å². The molecule has 1 aliphatic heterocycles. The second-order valence-electron chi connectivity index (χ2n) is 6.49. The standard InChI is InChI=1S/C21H19N3.ClH/c22-14-18-8-10-19(11-9-18)21(13-17-5-2-1-3-6-17)12-4-7-20-15-23-16-24(20)21;/h1-3,5-6,8-11,15-16H,4,7,12-13H2;1H. The Kier molecular flexibility index (Phi) is 4.92. The zero-order chi connectivity index (χ0) is 16.4. The highest BCUT2D eigenvalue weighted by molar-refractivity contribution is 5.85. The Morgan fingerprint density at radius 3 is 2.56 bits per heavy atom. The van der Waals surface area contributed by atoms with E-state index in [1.807, 2.05) is 24.7 Å². The van der Waals surface area contributed by atoms with Crippen LogP contribution in [0.25, 0.3) is 0 Å². The summed E-state index contributed by atoms with van der Waals surface area (Å²) in [6, 6.07) is 20.9. The minimum absolute atomic E-state index is 0. The van der Waals surface area contributed by atoms with Crippen molar-refractivity contribution in [3.8, 4) is 6.07 Å². The number of hydrogen-bond donors (Lipinski definition) is 0. The first kappa shape index (κ1) is 17.3. The van der Waals surface area contributed by atoms with Crippen LogP contribution in [-0.2, 0) is 18.4 Å². The summed E-state index contributed by atoms with van der Waals surface area (Å²) in [6.07, 6.45) is 8.20. The van der Waals surface area contributed by atoms with Crippen molar-refractivity contribution >= 4 is 12.4 Å².